The second kappa shape index (κ2) is 14.7. The minimum absolute atomic E-state index is 0.0128. The van der Waals surface area contributed by atoms with Gasteiger partial charge in [0.05, 0.1) is 16.2 Å². The molecule has 2 N–H and O–H groups in total. The Hall–Kier alpha value is -3.94. The molecule has 2 fully saturated rings. The molecule has 0 saturated carbocycles. The zero-order valence-electron chi connectivity index (χ0n) is 26.1. The van der Waals surface area contributed by atoms with Gasteiger partial charge in [-0.25, -0.2) is 9.59 Å². The third-order valence-corrected chi connectivity index (χ3v) is 9.53. The summed E-state index contributed by atoms with van der Waals surface area (Å²) in [5.41, 5.74) is 5.53. The van der Waals surface area contributed by atoms with E-state index in [1.165, 1.54) is 17.0 Å². The number of phenolic OH excluding ortho intramolecular Hbond substituents is 1. The minimum Gasteiger partial charge on any atom is -0.505 e. The molecule has 1 atom stereocenters. The Morgan fingerprint density at radius 3 is 2.48 bits per heavy atom. The molecule has 0 radical (unpaired) electrons. The van der Waals surface area contributed by atoms with Gasteiger partial charge in [0.1, 0.15) is 0 Å². The van der Waals surface area contributed by atoms with E-state index in [0.29, 0.717) is 43.5 Å². The maximum atomic E-state index is 13.3. The third kappa shape index (κ3) is 8.45. The lowest BCUT2D eigenvalue weighted by molar-refractivity contribution is -0.126. The van der Waals surface area contributed by atoms with E-state index < -0.39 is 18.1 Å². The number of urea groups is 1. The van der Waals surface area contributed by atoms with Crippen LogP contribution < -0.4 is 5.32 Å². The Balaban J connectivity index is 1.23. The van der Waals surface area contributed by atoms with Gasteiger partial charge in [0.2, 0.25) is 0 Å². The number of benzene rings is 2. The first kappa shape index (κ1) is 33.4. The molecule has 2 aromatic rings. The molecule has 0 aromatic heterocycles. The van der Waals surface area contributed by atoms with E-state index in [1.54, 1.807) is 6.20 Å². The lowest BCUT2D eigenvalue weighted by atomic mass is 9.83. The average molecular weight is 669 g/mol. The zero-order valence-corrected chi connectivity index (χ0v) is 27.6. The van der Waals surface area contributed by atoms with E-state index in [2.05, 4.69) is 40.7 Å². The number of anilines is 1. The van der Waals surface area contributed by atoms with Gasteiger partial charge in [-0.2, -0.15) is 4.99 Å². The summed E-state index contributed by atoms with van der Waals surface area (Å²) in [7, 11) is 0. The van der Waals surface area contributed by atoms with Gasteiger partial charge in [-0.1, -0.05) is 55.2 Å². The van der Waals surface area contributed by atoms with Crippen molar-refractivity contribution >= 4 is 52.8 Å². The molecule has 0 spiro atoms. The fourth-order valence-electron chi connectivity index (χ4n) is 5.96. The molecular formula is C34H39Cl2N5O5. The van der Waals surface area contributed by atoms with Crippen molar-refractivity contribution in [3.05, 3.63) is 69.5 Å². The molecule has 4 amide bonds. The first-order valence-corrected chi connectivity index (χ1v) is 16.4. The van der Waals surface area contributed by atoms with Gasteiger partial charge in [0.15, 0.2) is 11.9 Å². The number of ether oxygens (including phenoxy) is 1. The van der Waals surface area contributed by atoms with Crippen molar-refractivity contribution in [1.29, 1.82) is 0 Å². The van der Waals surface area contributed by atoms with Gasteiger partial charge in [-0.15, -0.1) is 0 Å². The molecule has 0 aliphatic carbocycles. The number of hydrogen-bond acceptors (Lipinski definition) is 6. The fraction of sp³-hybridized carbons (Fsp3) is 0.471. The molecule has 0 bridgehead atoms. The molecule has 3 aliphatic rings. The Morgan fingerprint density at radius 1 is 1.11 bits per heavy atom. The first-order chi connectivity index (χ1) is 22.0. The van der Waals surface area contributed by atoms with Gasteiger partial charge >= 0.3 is 12.1 Å². The van der Waals surface area contributed by atoms with Crippen LogP contribution in [0.5, 0.6) is 5.75 Å². The SMILES string of the molecule is CC1(C)CCN(C=C=C=NC(=O)[C@@H](Cc2cc(Cl)c(O)c(Cl)c2)OC(=O)N2CCC(N3CCc4ccccc4NC3=O)CC2)CC1. The summed E-state index contributed by atoms with van der Waals surface area (Å²) in [4.78, 5) is 48.9. The number of rotatable bonds is 6. The van der Waals surface area contributed by atoms with Crippen LogP contribution in [0.2, 0.25) is 10.0 Å². The minimum atomic E-state index is -1.29. The first-order valence-electron chi connectivity index (χ1n) is 15.6. The van der Waals surface area contributed by atoms with Crippen LogP contribution in [0.3, 0.4) is 0 Å². The monoisotopic (exact) mass is 667 g/mol. The standard InChI is InChI=1S/C34H39Cl2N5O5/c1-34(2)11-18-39(19-12-34)14-5-13-37-31(43)29(22-23-20-26(35)30(42)27(36)21-23)46-33(45)40-15-9-25(10-16-40)41-17-8-24-6-3-4-7-28(24)38-32(41)44/h3-4,6-7,14,20-21,25,29,42H,8-12,15-19,22H2,1-2H3,(H,38,44)/t29-/m1/s1. The number of carbonyl (C=O) groups excluding carboxylic acids is 3. The Kier molecular flexibility index (Phi) is 10.6. The van der Waals surface area contributed by atoms with Gasteiger partial charge in [-0.3, -0.25) is 4.79 Å². The molecule has 12 heteroatoms. The third-order valence-electron chi connectivity index (χ3n) is 8.95. The van der Waals surface area contributed by atoms with Crippen molar-refractivity contribution in [2.75, 3.05) is 38.0 Å². The largest absolute Gasteiger partial charge is 0.505 e. The number of nitrogens with zero attached hydrogens (tertiary/aromatic N) is 4. The second-order valence-corrected chi connectivity index (χ2v) is 13.6. The van der Waals surface area contributed by atoms with Crippen LogP contribution in [-0.2, 0) is 22.4 Å². The normalized spacial score (nSPS) is 18.7. The van der Waals surface area contributed by atoms with Crippen LogP contribution in [-0.4, -0.2) is 88.6 Å². The lowest BCUT2D eigenvalue weighted by Crippen LogP contribution is -2.50. The summed E-state index contributed by atoms with van der Waals surface area (Å²) in [5, 5.41) is 13.0. The summed E-state index contributed by atoms with van der Waals surface area (Å²) in [5.74, 6) is 1.56. The van der Waals surface area contributed by atoms with Crippen LogP contribution in [0.4, 0.5) is 15.3 Å². The smallest absolute Gasteiger partial charge is 0.410 e. The molecule has 46 heavy (non-hydrogen) atoms. The summed E-state index contributed by atoms with van der Waals surface area (Å²) < 4.78 is 5.71. The van der Waals surface area contributed by atoms with Crippen molar-refractivity contribution in [3.63, 3.8) is 0 Å². The molecule has 2 saturated heterocycles. The Morgan fingerprint density at radius 2 is 1.78 bits per heavy atom. The molecule has 244 valence electrons. The summed E-state index contributed by atoms with van der Waals surface area (Å²) >= 11 is 12.2. The number of likely N-dealkylation sites (tertiary alicyclic amines) is 2. The number of piperidine rings is 2. The van der Waals surface area contributed by atoms with Crippen molar-refractivity contribution < 1.29 is 24.2 Å². The summed E-state index contributed by atoms with van der Waals surface area (Å²) in [6.07, 6.45) is 3.70. The molecule has 2 aromatic carbocycles. The van der Waals surface area contributed by atoms with Crippen LogP contribution >= 0.6 is 23.2 Å². The van der Waals surface area contributed by atoms with E-state index in [0.717, 1.165) is 43.6 Å². The van der Waals surface area contributed by atoms with Crippen LogP contribution in [0, 0.1) is 5.41 Å². The average Bonchev–Trinajstić information content (AvgIpc) is 3.20. The van der Waals surface area contributed by atoms with Crippen LogP contribution in [0.25, 0.3) is 0 Å². The molecule has 10 nitrogen and oxygen atoms in total. The number of fused-ring (bicyclic) bond motifs is 1. The highest BCUT2D eigenvalue weighted by molar-refractivity contribution is 6.37. The van der Waals surface area contributed by atoms with E-state index in [1.807, 2.05) is 29.2 Å². The maximum Gasteiger partial charge on any atom is 0.410 e. The number of aromatic hydroxyl groups is 1. The number of aliphatic imine (C=N–C) groups is 1. The number of nitrogens with one attached hydrogen (secondary N) is 1. The Labute approximate surface area is 279 Å². The molecule has 0 unspecified atom stereocenters. The van der Waals surface area contributed by atoms with E-state index >= 15 is 0 Å². The van der Waals surface area contributed by atoms with Gasteiger partial charge in [-0.05, 0) is 72.6 Å². The molecular weight excluding hydrogens is 629 g/mol. The van der Waals surface area contributed by atoms with Crippen molar-refractivity contribution in [2.24, 2.45) is 10.4 Å². The van der Waals surface area contributed by atoms with Crippen molar-refractivity contribution in [1.82, 2.24) is 14.7 Å². The van der Waals surface area contributed by atoms with E-state index in [9.17, 15) is 19.5 Å². The fourth-order valence-corrected chi connectivity index (χ4v) is 6.49. The number of para-hydroxylation sites is 1. The number of amides is 4. The summed E-state index contributed by atoms with van der Waals surface area (Å²) in [6.45, 7) is 7.55. The predicted molar refractivity (Wildman–Crippen MR) is 178 cm³/mol. The van der Waals surface area contributed by atoms with E-state index in [-0.39, 0.29) is 34.3 Å². The van der Waals surface area contributed by atoms with Crippen LogP contribution in [0.1, 0.15) is 50.7 Å². The molecule has 5 rings (SSSR count). The topological polar surface area (TPSA) is 115 Å². The highest BCUT2D eigenvalue weighted by Crippen LogP contribution is 2.33. The summed E-state index contributed by atoms with van der Waals surface area (Å²) in [6, 6.07) is 10.5. The highest BCUT2D eigenvalue weighted by Gasteiger charge is 2.33. The van der Waals surface area contributed by atoms with Gasteiger partial charge in [0.25, 0.3) is 5.91 Å². The number of halogens is 2. The lowest BCUT2D eigenvalue weighted by Gasteiger charge is -2.37. The predicted octanol–water partition coefficient (Wildman–Crippen LogP) is 6.29. The number of phenols is 1. The zero-order chi connectivity index (χ0) is 32.8. The van der Waals surface area contributed by atoms with Gasteiger partial charge < -0.3 is 29.9 Å². The maximum absolute atomic E-state index is 13.3. The van der Waals surface area contributed by atoms with Crippen LogP contribution in [0.15, 0.2) is 53.3 Å². The molecule has 3 heterocycles. The van der Waals surface area contributed by atoms with Gasteiger partial charge in [0, 0.05) is 56.7 Å². The molecule has 3 aliphatic heterocycles. The Bertz CT molecular complexity index is 1540. The van der Waals surface area contributed by atoms with E-state index in [4.69, 9.17) is 27.9 Å². The number of carbonyl (C=O) groups is 3. The van der Waals surface area contributed by atoms with Crippen molar-refractivity contribution in [3.8, 4) is 5.75 Å². The van der Waals surface area contributed by atoms with Crippen molar-refractivity contribution in [2.45, 2.75) is 64.5 Å². The number of hydrogen-bond donors (Lipinski definition) is 2. The highest BCUT2D eigenvalue weighted by atomic mass is 35.5. The quantitative estimate of drug-likeness (QED) is 0.277. The second-order valence-electron chi connectivity index (χ2n) is 12.8.